The molecule has 1 N–H and O–H groups in total. The van der Waals surface area contributed by atoms with Crippen LogP contribution in [-0.2, 0) is 6.54 Å². The van der Waals surface area contributed by atoms with Gasteiger partial charge in [0.25, 0.3) is 5.95 Å². The van der Waals surface area contributed by atoms with Crippen molar-refractivity contribution in [1.82, 2.24) is 9.55 Å². The number of amidine groups is 1. The quantitative estimate of drug-likeness (QED) is 0.201. The van der Waals surface area contributed by atoms with Gasteiger partial charge in [0.15, 0.2) is 5.84 Å². The van der Waals surface area contributed by atoms with Crippen LogP contribution in [-0.4, -0.2) is 15.4 Å². The molecular formula is C23H22N6. The molecule has 0 spiro atoms. The van der Waals surface area contributed by atoms with Gasteiger partial charge in [-0.25, -0.2) is 4.98 Å². The van der Waals surface area contributed by atoms with Crippen LogP contribution >= 0.6 is 0 Å². The number of imidazole rings is 1. The molecule has 4 rings (SSSR count). The minimum atomic E-state index is 0.520. The SMILES string of the molecule is C/C(N=Nc1nc2ccccc2n1Cc1ccccc1)=N\Nc1ccccc1C. The molecule has 0 fully saturated rings. The van der Waals surface area contributed by atoms with Gasteiger partial charge in [-0.2, -0.15) is 5.10 Å². The average molecular weight is 382 g/mol. The third-order valence-electron chi connectivity index (χ3n) is 4.59. The van der Waals surface area contributed by atoms with Crippen LogP contribution in [0.2, 0.25) is 0 Å². The highest BCUT2D eigenvalue weighted by molar-refractivity contribution is 5.81. The molecule has 1 heterocycles. The number of aryl methyl sites for hydroxylation is 1. The summed E-state index contributed by atoms with van der Waals surface area (Å²) < 4.78 is 2.07. The first-order chi connectivity index (χ1) is 14.2. The van der Waals surface area contributed by atoms with Crippen molar-refractivity contribution in [1.29, 1.82) is 0 Å². The van der Waals surface area contributed by atoms with Crippen LogP contribution < -0.4 is 5.43 Å². The maximum atomic E-state index is 4.64. The Morgan fingerprint density at radius 1 is 0.931 bits per heavy atom. The first-order valence-electron chi connectivity index (χ1n) is 9.47. The number of fused-ring (bicyclic) bond motifs is 1. The highest BCUT2D eigenvalue weighted by Gasteiger charge is 2.10. The first kappa shape index (κ1) is 18.6. The van der Waals surface area contributed by atoms with Gasteiger partial charge in [-0.3, -0.25) is 5.43 Å². The number of nitrogens with one attached hydrogen (secondary N) is 1. The summed E-state index contributed by atoms with van der Waals surface area (Å²) in [4.78, 5) is 4.64. The maximum Gasteiger partial charge on any atom is 0.250 e. The van der Waals surface area contributed by atoms with Crippen LogP contribution in [0.5, 0.6) is 0 Å². The fraction of sp³-hybridized carbons (Fsp3) is 0.130. The van der Waals surface area contributed by atoms with Crippen LogP contribution in [0.15, 0.2) is 94.2 Å². The number of hydrogen-bond donors (Lipinski definition) is 1. The van der Waals surface area contributed by atoms with Crippen LogP contribution in [0.1, 0.15) is 18.1 Å². The number of rotatable bonds is 5. The molecule has 0 atom stereocenters. The Hall–Kier alpha value is -3.80. The zero-order valence-electron chi connectivity index (χ0n) is 16.4. The van der Waals surface area contributed by atoms with Gasteiger partial charge in [0.1, 0.15) is 0 Å². The Bertz CT molecular complexity index is 1170. The van der Waals surface area contributed by atoms with Gasteiger partial charge in [0.05, 0.1) is 23.3 Å². The molecule has 0 bridgehead atoms. The van der Waals surface area contributed by atoms with E-state index in [4.69, 9.17) is 0 Å². The molecule has 0 amide bonds. The first-order valence-corrected chi connectivity index (χ1v) is 9.47. The van der Waals surface area contributed by atoms with Crippen molar-refractivity contribution < 1.29 is 0 Å². The van der Waals surface area contributed by atoms with Crippen molar-refractivity contribution in [2.24, 2.45) is 15.3 Å². The lowest BCUT2D eigenvalue weighted by molar-refractivity contribution is 0.817. The van der Waals surface area contributed by atoms with Crippen LogP contribution in [0.4, 0.5) is 11.6 Å². The predicted molar refractivity (Wildman–Crippen MR) is 118 cm³/mol. The molecule has 3 aromatic carbocycles. The normalized spacial score (nSPS) is 12.0. The Morgan fingerprint density at radius 3 is 2.48 bits per heavy atom. The zero-order chi connectivity index (χ0) is 20.1. The molecule has 0 radical (unpaired) electrons. The minimum Gasteiger partial charge on any atom is -0.303 e. The predicted octanol–water partition coefficient (Wildman–Crippen LogP) is 5.92. The Kier molecular flexibility index (Phi) is 5.42. The second kappa shape index (κ2) is 8.48. The van der Waals surface area contributed by atoms with Gasteiger partial charge in [-0.1, -0.05) is 60.7 Å². The topological polar surface area (TPSA) is 66.9 Å². The Labute approximate surface area is 169 Å². The van der Waals surface area contributed by atoms with E-state index in [9.17, 15) is 0 Å². The van der Waals surface area contributed by atoms with Crippen molar-refractivity contribution in [3.63, 3.8) is 0 Å². The van der Waals surface area contributed by atoms with Crippen LogP contribution in [0.25, 0.3) is 11.0 Å². The number of hydrogen-bond acceptors (Lipinski definition) is 4. The molecule has 29 heavy (non-hydrogen) atoms. The zero-order valence-corrected chi connectivity index (χ0v) is 16.4. The van der Waals surface area contributed by atoms with Crippen molar-refractivity contribution in [2.45, 2.75) is 20.4 Å². The smallest absolute Gasteiger partial charge is 0.250 e. The van der Waals surface area contributed by atoms with E-state index in [0.717, 1.165) is 22.3 Å². The molecule has 144 valence electrons. The highest BCUT2D eigenvalue weighted by Crippen LogP contribution is 2.23. The van der Waals surface area contributed by atoms with E-state index in [1.807, 2.05) is 73.7 Å². The summed E-state index contributed by atoms with van der Waals surface area (Å²) in [7, 11) is 0. The molecule has 0 unspecified atom stereocenters. The molecule has 0 aliphatic carbocycles. The van der Waals surface area contributed by atoms with E-state index in [2.05, 4.69) is 42.4 Å². The standard InChI is InChI=1S/C23H22N6/c1-17-10-6-7-13-20(17)27-25-18(2)26-28-23-24-21-14-8-9-15-22(21)29(23)16-19-11-4-3-5-12-19/h3-15,27H,16H2,1-2H3/b25-18+,28-26?. The molecule has 0 aliphatic rings. The lowest BCUT2D eigenvalue weighted by Crippen LogP contribution is -1.99. The third-order valence-corrected chi connectivity index (χ3v) is 4.59. The molecule has 0 saturated carbocycles. The van der Waals surface area contributed by atoms with Crippen molar-refractivity contribution >= 4 is 28.5 Å². The number of anilines is 1. The molecule has 4 aromatic rings. The number of nitrogens with zero attached hydrogens (tertiary/aromatic N) is 5. The molecule has 6 nitrogen and oxygen atoms in total. The number of hydrazone groups is 1. The van der Waals surface area contributed by atoms with Crippen molar-refractivity contribution in [3.05, 3.63) is 90.0 Å². The summed E-state index contributed by atoms with van der Waals surface area (Å²) in [5.74, 6) is 1.08. The lowest BCUT2D eigenvalue weighted by atomic mass is 10.2. The summed E-state index contributed by atoms with van der Waals surface area (Å²) in [5.41, 5.74) is 8.20. The highest BCUT2D eigenvalue weighted by atomic mass is 15.3. The van der Waals surface area contributed by atoms with Gasteiger partial charge in [0, 0.05) is 0 Å². The Morgan fingerprint density at radius 2 is 1.66 bits per heavy atom. The van der Waals surface area contributed by atoms with Gasteiger partial charge < -0.3 is 4.57 Å². The van der Waals surface area contributed by atoms with Gasteiger partial charge >= 0.3 is 0 Å². The molecule has 1 aromatic heterocycles. The van der Waals surface area contributed by atoms with Gasteiger partial charge in [-0.05, 0) is 43.2 Å². The number of para-hydroxylation sites is 3. The van der Waals surface area contributed by atoms with Crippen LogP contribution in [0, 0.1) is 6.92 Å². The van der Waals surface area contributed by atoms with Crippen molar-refractivity contribution in [3.8, 4) is 0 Å². The molecule has 0 aliphatic heterocycles. The summed E-state index contributed by atoms with van der Waals surface area (Å²) in [6.07, 6.45) is 0. The van der Waals surface area contributed by atoms with E-state index < -0.39 is 0 Å². The summed E-state index contributed by atoms with van der Waals surface area (Å²) in [6.45, 7) is 4.51. The monoisotopic (exact) mass is 382 g/mol. The maximum absolute atomic E-state index is 4.64. The van der Waals surface area contributed by atoms with Crippen molar-refractivity contribution in [2.75, 3.05) is 5.43 Å². The summed E-state index contributed by atoms with van der Waals surface area (Å²) in [5, 5.41) is 13.0. The molecule has 0 saturated heterocycles. The largest absolute Gasteiger partial charge is 0.303 e. The Balaban J connectivity index is 1.60. The van der Waals surface area contributed by atoms with E-state index in [1.165, 1.54) is 5.56 Å². The van der Waals surface area contributed by atoms with Crippen LogP contribution in [0.3, 0.4) is 0 Å². The van der Waals surface area contributed by atoms with E-state index >= 15 is 0 Å². The van der Waals surface area contributed by atoms with Gasteiger partial charge in [0.2, 0.25) is 0 Å². The molecule has 6 heteroatoms. The second-order valence-corrected chi connectivity index (χ2v) is 6.76. The second-order valence-electron chi connectivity index (χ2n) is 6.76. The molecular weight excluding hydrogens is 360 g/mol. The number of azo groups is 1. The number of benzene rings is 3. The third kappa shape index (κ3) is 4.38. The minimum absolute atomic E-state index is 0.520. The lowest BCUT2D eigenvalue weighted by Gasteiger charge is -2.06. The van der Waals surface area contributed by atoms with E-state index in [1.54, 1.807) is 6.92 Å². The van der Waals surface area contributed by atoms with Gasteiger partial charge in [-0.15, -0.1) is 10.2 Å². The van der Waals surface area contributed by atoms with E-state index in [-0.39, 0.29) is 0 Å². The van der Waals surface area contributed by atoms with E-state index in [0.29, 0.717) is 18.3 Å². The fourth-order valence-electron chi connectivity index (χ4n) is 3.04. The summed E-state index contributed by atoms with van der Waals surface area (Å²) in [6, 6.07) is 26.2. The summed E-state index contributed by atoms with van der Waals surface area (Å²) >= 11 is 0. The average Bonchev–Trinajstić information content (AvgIpc) is 3.10. The number of aromatic nitrogens is 2. The fourth-order valence-corrected chi connectivity index (χ4v) is 3.04.